The fourth-order valence-corrected chi connectivity index (χ4v) is 5.08. The lowest BCUT2D eigenvalue weighted by Crippen LogP contribution is -2.36. The molecule has 1 aliphatic heterocycles. The van der Waals surface area contributed by atoms with Crippen molar-refractivity contribution in [2.75, 3.05) is 43.4 Å². The Balaban J connectivity index is 1.53. The van der Waals surface area contributed by atoms with E-state index in [4.69, 9.17) is 4.74 Å². The highest BCUT2D eigenvalue weighted by atomic mass is 32.2. The highest BCUT2D eigenvalue weighted by Gasteiger charge is 2.18. The number of anilines is 1. The number of carbonyl (C=O) groups is 1. The molecule has 2 aromatic rings. The first kappa shape index (κ1) is 25.2. The largest absolute Gasteiger partial charge is 0.379 e. The average Bonchev–Trinajstić information content (AvgIpc) is 2.75. The number of ether oxygens (including phenoxy) is 1. The first-order chi connectivity index (χ1) is 15.7. The van der Waals surface area contributed by atoms with Gasteiger partial charge in [0.15, 0.2) is 0 Å². The number of hydrogen-bond acceptors (Lipinski definition) is 5. The van der Waals surface area contributed by atoms with Gasteiger partial charge in [0, 0.05) is 39.1 Å². The molecular formula is C25H35N3O4S. The molecule has 0 spiro atoms. The molecule has 1 N–H and O–H groups in total. The third-order valence-electron chi connectivity index (χ3n) is 5.75. The van der Waals surface area contributed by atoms with Crippen molar-refractivity contribution in [2.24, 2.45) is 0 Å². The Morgan fingerprint density at radius 3 is 2.33 bits per heavy atom. The van der Waals surface area contributed by atoms with Gasteiger partial charge in [-0.05, 0) is 54.7 Å². The van der Waals surface area contributed by atoms with Gasteiger partial charge in [0.1, 0.15) is 0 Å². The van der Waals surface area contributed by atoms with Gasteiger partial charge in [-0.25, -0.2) is 8.42 Å². The van der Waals surface area contributed by atoms with Gasteiger partial charge in [-0.2, -0.15) is 0 Å². The van der Waals surface area contributed by atoms with E-state index in [1.165, 1.54) is 16.1 Å². The zero-order chi connectivity index (χ0) is 23.8. The third-order valence-corrected chi connectivity index (χ3v) is 6.95. The number of hydrogen-bond donors (Lipinski definition) is 1. The molecule has 1 amide bonds. The number of morpholine rings is 1. The van der Waals surface area contributed by atoms with Gasteiger partial charge in [0.25, 0.3) is 0 Å². The van der Waals surface area contributed by atoms with Crippen LogP contribution in [0.25, 0.3) is 0 Å². The quantitative estimate of drug-likeness (QED) is 0.574. The summed E-state index contributed by atoms with van der Waals surface area (Å²) < 4.78 is 31.5. The zero-order valence-corrected chi connectivity index (χ0v) is 20.7. The van der Waals surface area contributed by atoms with Crippen LogP contribution < -0.4 is 9.62 Å². The third kappa shape index (κ3) is 7.84. The fraction of sp³-hybridized carbons (Fsp3) is 0.480. The Kier molecular flexibility index (Phi) is 8.88. The molecule has 0 unspecified atom stereocenters. The van der Waals surface area contributed by atoms with Crippen LogP contribution in [-0.4, -0.2) is 58.3 Å². The Labute approximate surface area is 197 Å². The first-order valence-electron chi connectivity index (χ1n) is 11.4. The minimum absolute atomic E-state index is 0.0787. The number of nitrogens with zero attached hydrogens (tertiary/aromatic N) is 2. The number of rotatable bonds is 10. The number of nitrogens with one attached hydrogen (secondary N) is 1. The van der Waals surface area contributed by atoms with E-state index in [9.17, 15) is 13.2 Å². The summed E-state index contributed by atoms with van der Waals surface area (Å²) in [6.07, 6.45) is 1.92. The molecule has 1 saturated heterocycles. The van der Waals surface area contributed by atoms with Crippen molar-refractivity contribution in [3.8, 4) is 0 Å². The summed E-state index contributed by atoms with van der Waals surface area (Å²) in [6, 6.07) is 13.9. The second kappa shape index (κ2) is 11.6. The molecule has 7 nitrogen and oxygen atoms in total. The second-order valence-corrected chi connectivity index (χ2v) is 10.6. The first-order valence-corrected chi connectivity index (χ1v) is 13.3. The minimum Gasteiger partial charge on any atom is -0.379 e. The predicted molar refractivity (Wildman–Crippen MR) is 132 cm³/mol. The van der Waals surface area contributed by atoms with Crippen LogP contribution in [0.3, 0.4) is 0 Å². The van der Waals surface area contributed by atoms with Gasteiger partial charge in [0.05, 0.1) is 25.2 Å². The van der Waals surface area contributed by atoms with Gasteiger partial charge in [0.2, 0.25) is 15.9 Å². The van der Waals surface area contributed by atoms with E-state index in [-0.39, 0.29) is 18.9 Å². The molecule has 2 aromatic carbocycles. The van der Waals surface area contributed by atoms with Crippen molar-refractivity contribution < 1.29 is 17.9 Å². The molecule has 1 fully saturated rings. The number of amides is 1. The summed E-state index contributed by atoms with van der Waals surface area (Å²) in [5, 5.41) is 3.00. The molecule has 33 heavy (non-hydrogen) atoms. The van der Waals surface area contributed by atoms with E-state index in [0.717, 1.165) is 49.5 Å². The Morgan fingerprint density at radius 2 is 1.70 bits per heavy atom. The van der Waals surface area contributed by atoms with Gasteiger partial charge >= 0.3 is 0 Å². The second-order valence-electron chi connectivity index (χ2n) is 8.72. The SMILES string of the molecule is Cc1cc(C)cc(N(CCCC(=O)NCc2ccccc2CN2CCOCC2)S(C)(=O)=O)c1. The maximum Gasteiger partial charge on any atom is 0.232 e. The standard InChI is InChI=1S/C25H35N3O4S/c1-20-15-21(2)17-24(16-20)28(33(3,30)31)10-6-9-25(29)26-18-22-7-4-5-8-23(22)19-27-11-13-32-14-12-27/h4-5,7-8,15-17H,6,9-14,18-19H2,1-3H3,(H,26,29). The summed E-state index contributed by atoms with van der Waals surface area (Å²) in [5.41, 5.74) is 4.97. The zero-order valence-electron chi connectivity index (χ0n) is 19.8. The van der Waals surface area contributed by atoms with Crippen molar-refractivity contribution >= 4 is 21.6 Å². The molecule has 0 atom stereocenters. The van der Waals surface area contributed by atoms with Gasteiger partial charge in [-0.15, -0.1) is 0 Å². The number of carbonyl (C=O) groups excluding carboxylic acids is 1. The van der Waals surface area contributed by atoms with Crippen molar-refractivity contribution in [1.82, 2.24) is 10.2 Å². The van der Waals surface area contributed by atoms with E-state index in [1.807, 2.05) is 50.2 Å². The van der Waals surface area contributed by atoms with Crippen LogP contribution in [0.2, 0.25) is 0 Å². The van der Waals surface area contributed by atoms with Crippen LogP contribution in [0.5, 0.6) is 0 Å². The normalized spacial score (nSPS) is 14.8. The fourth-order valence-electron chi connectivity index (χ4n) is 4.13. The summed E-state index contributed by atoms with van der Waals surface area (Å²) in [5.74, 6) is -0.0787. The Morgan fingerprint density at radius 1 is 1.06 bits per heavy atom. The molecule has 0 aromatic heterocycles. The predicted octanol–water partition coefficient (Wildman–Crippen LogP) is 3.00. The molecule has 8 heteroatoms. The van der Waals surface area contributed by atoms with E-state index in [0.29, 0.717) is 18.7 Å². The summed E-state index contributed by atoms with van der Waals surface area (Å²) in [6.45, 7) is 8.80. The molecule has 0 radical (unpaired) electrons. The minimum atomic E-state index is -3.44. The number of sulfonamides is 1. The molecule has 0 saturated carbocycles. The van der Waals surface area contributed by atoms with Gasteiger partial charge in [-0.3, -0.25) is 14.0 Å². The van der Waals surface area contributed by atoms with Crippen LogP contribution in [-0.2, 0) is 32.6 Å². The highest BCUT2D eigenvalue weighted by Crippen LogP contribution is 2.22. The smallest absolute Gasteiger partial charge is 0.232 e. The van der Waals surface area contributed by atoms with Crippen LogP contribution in [0.15, 0.2) is 42.5 Å². The highest BCUT2D eigenvalue weighted by molar-refractivity contribution is 7.92. The van der Waals surface area contributed by atoms with Crippen LogP contribution in [0.1, 0.15) is 35.1 Å². The van der Waals surface area contributed by atoms with Crippen molar-refractivity contribution in [3.63, 3.8) is 0 Å². The van der Waals surface area contributed by atoms with Gasteiger partial charge < -0.3 is 10.1 Å². The van der Waals surface area contributed by atoms with Crippen molar-refractivity contribution in [3.05, 3.63) is 64.7 Å². The lowest BCUT2D eigenvalue weighted by molar-refractivity contribution is -0.121. The Bertz CT molecular complexity index is 1030. The molecule has 1 aliphatic rings. The lowest BCUT2D eigenvalue weighted by atomic mass is 10.1. The maximum absolute atomic E-state index is 12.5. The summed E-state index contributed by atoms with van der Waals surface area (Å²) >= 11 is 0. The van der Waals surface area contributed by atoms with E-state index >= 15 is 0 Å². The number of benzene rings is 2. The topological polar surface area (TPSA) is 79.0 Å². The molecule has 0 aliphatic carbocycles. The van der Waals surface area contributed by atoms with E-state index in [2.05, 4.69) is 16.3 Å². The molecule has 0 bridgehead atoms. The van der Waals surface area contributed by atoms with E-state index < -0.39 is 10.0 Å². The molecule has 3 rings (SSSR count). The van der Waals surface area contributed by atoms with Crippen LogP contribution in [0.4, 0.5) is 5.69 Å². The summed E-state index contributed by atoms with van der Waals surface area (Å²) in [7, 11) is -3.44. The number of aryl methyl sites for hydroxylation is 2. The molecule has 1 heterocycles. The van der Waals surface area contributed by atoms with Crippen molar-refractivity contribution in [1.29, 1.82) is 0 Å². The average molecular weight is 474 g/mol. The van der Waals surface area contributed by atoms with Crippen LogP contribution >= 0.6 is 0 Å². The lowest BCUT2D eigenvalue weighted by Gasteiger charge is -2.27. The van der Waals surface area contributed by atoms with E-state index in [1.54, 1.807) is 0 Å². The van der Waals surface area contributed by atoms with Crippen molar-refractivity contribution in [2.45, 2.75) is 39.8 Å². The van der Waals surface area contributed by atoms with Crippen LogP contribution in [0, 0.1) is 13.8 Å². The molecular weight excluding hydrogens is 438 g/mol. The maximum atomic E-state index is 12.5. The summed E-state index contributed by atoms with van der Waals surface area (Å²) in [4.78, 5) is 14.8. The monoisotopic (exact) mass is 473 g/mol. The van der Waals surface area contributed by atoms with Gasteiger partial charge in [-0.1, -0.05) is 30.3 Å². The Hall–Kier alpha value is -2.42. The molecule has 180 valence electrons.